The van der Waals surface area contributed by atoms with Crippen molar-refractivity contribution < 1.29 is 17.9 Å². The smallest absolute Gasteiger partial charge is 0.262 e. The molecule has 1 aliphatic rings. The van der Waals surface area contributed by atoms with Crippen LogP contribution < -0.4 is 10.0 Å². The third kappa shape index (κ3) is 6.69. The molecule has 4 rings (SSSR count). The molecule has 0 radical (unpaired) electrons. The van der Waals surface area contributed by atoms with Gasteiger partial charge in [0.25, 0.3) is 15.9 Å². The molecule has 1 amide bonds. The topological polar surface area (TPSA) is 87.7 Å². The van der Waals surface area contributed by atoms with Gasteiger partial charge in [0.05, 0.1) is 18.1 Å². The van der Waals surface area contributed by atoms with Gasteiger partial charge in [-0.05, 0) is 60.4 Å². The van der Waals surface area contributed by atoms with E-state index in [0.29, 0.717) is 23.4 Å². The summed E-state index contributed by atoms with van der Waals surface area (Å²) >= 11 is 0. The molecule has 0 aromatic heterocycles. The van der Waals surface area contributed by atoms with Crippen LogP contribution in [-0.2, 0) is 27.8 Å². The van der Waals surface area contributed by atoms with Gasteiger partial charge in [0.1, 0.15) is 0 Å². The summed E-state index contributed by atoms with van der Waals surface area (Å²) in [6, 6.07) is 20.0. The Hall–Kier alpha value is -3.20. The summed E-state index contributed by atoms with van der Waals surface area (Å²) in [6.45, 7) is 8.15. The third-order valence-electron chi connectivity index (χ3n) is 5.96. The number of nitrogens with one attached hydrogen (secondary N) is 2. The maximum atomic E-state index is 13.0. The molecule has 0 aliphatic carbocycles. The lowest BCUT2D eigenvalue weighted by atomic mass is 10.1. The largest absolute Gasteiger partial charge is 0.379 e. The predicted molar refractivity (Wildman–Crippen MR) is 137 cm³/mol. The summed E-state index contributed by atoms with van der Waals surface area (Å²) in [6.07, 6.45) is 0. The van der Waals surface area contributed by atoms with Gasteiger partial charge in [-0.25, -0.2) is 8.42 Å². The number of ether oxygens (including phenoxy) is 1. The Labute approximate surface area is 207 Å². The van der Waals surface area contributed by atoms with Crippen LogP contribution in [-0.4, -0.2) is 45.5 Å². The van der Waals surface area contributed by atoms with E-state index in [9.17, 15) is 13.2 Å². The minimum Gasteiger partial charge on any atom is -0.379 e. The first-order chi connectivity index (χ1) is 16.8. The highest BCUT2D eigenvalue weighted by molar-refractivity contribution is 7.92. The number of nitrogens with zero attached hydrogens (tertiary/aromatic N) is 1. The Morgan fingerprint density at radius 2 is 1.69 bits per heavy atom. The lowest BCUT2D eigenvalue weighted by molar-refractivity contribution is 0.0342. The molecule has 0 spiro atoms. The number of sulfonamides is 1. The summed E-state index contributed by atoms with van der Waals surface area (Å²) in [4.78, 5) is 15.3. The van der Waals surface area contributed by atoms with Crippen molar-refractivity contribution >= 4 is 21.6 Å². The number of carbonyl (C=O) groups is 1. The molecule has 0 atom stereocenters. The number of aryl methyl sites for hydroxylation is 2. The van der Waals surface area contributed by atoms with Crippen molar-refractivity contribution in [2.75, 3.05) is 31.0 Å². The van der Waals surface area contributed by atoms with Crippen LogP contribution in [0.4, 0.5) is 5.69 Å². The van der Waals surface area contributed by atoms with Crippen molar-refractivity contribution in [3.63, 3.8) is 0 Å². The predicted octanol–water partition coefficient (Wildman–Crippen LogP) is 3.87. The Morgan fingerprint density at radius 3 is 2.46 bits per heavy atom. The molecular weight excluding hydrogens is 462 g/mol. The molecule has 3 aromatic carbocycles. The van der Waals surface area contributed by atoms with Crippen molar-refractivity contribution in [3.05, 3.63) is 94.5 Å². The zero-order valence-electron chi connectivity index (χ0n) is 20.1. The summed E-state index contributed by atoms with van der Waals surface area (Å²) in [5, 5.41) is 2.91. The zero-order chi connectivity index (χ0) is 24.8. The zero-order valence-corrected chi connectivity index (χ0v) is 20.9. The van der Waals surface area contributed by atoms with E-state index in [4.69, 9.17) is 4.74 Å². The number of hydrogen-bond acceptors (Lipinski definition) is 5. The molecule has 0 unspecified atom stereocenters. The fourth-order valence-corrected chi connectivity index (χ4v) is 5.41. The summed E-state index contributed by atoms with van der Waals surface area (Å²) < 4.78 is 34.1. The highest BCUT2D eigenvalue weighted by Crippen LogP contribution is 2.21. The SMILES string of the molecule is Cc1cccc(NS(=O)(=O)c2cc(C(=O)NCc3cccc(CN4CCOCC4)c3)ccc2C)c1. The normalized spacial score (nSPS) is 14.5. The molecule has 1 fully saturated rings. The van der Waals surface area contributed by atoms with Gasteiger partial charge in [-0.3, -0.25) is 14.4 Å². The Balaban J connectivity index is 1.43. The van der Waals surface area contributed by atoms with Crippen molar-refractivity contribution in [2.24, 2.45) is 0 Å². The number of hydrogen-bond donors (Lipinski definition) is 2. The highest BCUT2D eigenvalue weighted by Gasteiger charge is 2.19. The first kappa shape index (κ1) is 24.9. The first-order valence-corrected chi connectivity index (χ1v) is 13.1. The number of benzene rings is 3. The maximum absolute atomic E-state index is 13.0. The minimum absolute atomic E-state index is 0.0826. The van der Waals surface area contributed by atoms with Gasteiger partial charge in [-0.15, -0.1) is 0 Å². The molecular formula is C27H31N3O4S. The maximum Gasteiger partial charge on any atom is 0.262 e. The van der Waals surface area contributed by atoms with E-state index < -0.39 is 10.0 Å². The fraction of sp³-hybridized carbons (Fsp3) is 0.296. The van der Waals surface area contributed by atoms with Crippen LogP contribution in [0.25, 0.3) is 0 Å². The fourth-order valence-electron chi connectivity index (χ4n) is 4.09. The van der Waals surface area contributed by atoms with Gasteiger partial charge in [0, 0.05) is 37.4 Å². The molecule has 2 N–H and O–H groups in total. The van der Waals surface area contributed by atoms with Crippen LogP contribution in [0.2, 0.25) is 0 Å². The van der Waals surface area contributed by atoms with E-state index in [2.05, 4.69) is 27.1 Å². The molecule has 184 valence electrons. The average molecular weight is 494 g/mol. The number of carbonyl (C=O) groups excluding carboxylic acids is 1. The van der Waals surface area contributed by atoms with Gasteiger partial charge in [-0.1, -0.05) is 42.5 Å². The number of anilines is 1. The van der Waals surface area contributed by atoms with Crippen molar-refractivity contribution in [3.8, 4) is 0 Å². The molecule has 1 saturated heterocycles. The second-order valence-electron chi connectivity index (χ2n) is 8.85. The molecule has 0 bridgehead atoms. The standard InChI is InChI=1S/C27H31N3O4S/c1-20-5-3-8-25(15-20)29-35(32,33)26-17-24(10-9-21(26)2)27(31)28-18-22-6-4-7-23(16-22)19-30-11-13-34-14-12-30/h3-10,15-17,29H,11-14,18-19H2,1-2H3,(H,28,31). The molecule has 8 heteroatoms. The van der Waals surface area contributed by atoms with Crippen LogP contribution in [0.3, 0.4) is 0 Å². The van der Waals surface area contributed by atoms with E-state index in [1.807, 2.05) is 25.1 Å². The van der Waals surface area contributed by atoms with E-state index in [1.165, 1.54) is 11.6 Å². The van der Waals surface area contributed by atoms with Crippen LogP contribution >= 0.6 is 0 Å². The number of morpholine rings is 1. The molecule has 1 heterocycles. The Kier molecular flexibility index (Phi) is 7.85. The van der Waals surface area contributed by atoms with Gasteiger partial charge in [0.2, 0.25) is 0 Å². The molecule has 3 aromatic rings. The minimum atomic E-state index is -3.85. The van der Waals surface area contributed by atoms with Crippen molar-refractivity contribution in [2.45, 2.75) is 31.8 Å². The lowest BCUT2D eigenvalue weighted by Crippen LogP contribution is -2.35. The lowest BCUT2D eigenvalue weighted by Gasteiger charge is -2.26. The quantitative estimate of drug-likeness (QED) is 0.498. The average Bonchev–Trinajstić information content (AvgIpc) is 2.83. The van der Waals surface area contributed by atoms with Gasteiger partial charge in [-0.2, -0.15) is 0 Å². The molecule has 35 heavy (non-hydrogen) atoms. The number of amides is 1. The summed E-state index contributed by atoms with van der Waals surface area (Å²) in [7, 11) is -3.85. The summed E-state index contributed by atoms with van der Waals surface area (Å²) in [5.74, 6) is -0.324. The van der Waals surface area contributed by atoms with E-state index in [1.54, 1.807) is 37.3 Å². The number of rotatable bonds is 8. The molecule has 0 saturated carbocycles. The monoisotopic (exact) mass is 493 g/mol. The van der Waals surface area contributed by atoms with Crippen molar-refractivity contribution in [1.82, 2.24) is 10.2 Å². The van der Waals surface area contributed by atoms with Gasteiger partial charge >= 0.3 is 0 Å². The van der Waals surface area contributed by atoms with Crippen LogP contribution in [0, 0.1) is 13.8 Å². The molecule has 7 nitrogen and oxygen atoms in total. The van der Waals surface area contributed by atoms with Crippen LogP contribution in [0.1, 0.15) is 32.6 Å². The first-order valence-electron chi connectivity index (χ1n) is 11.7. The van der Waals surface area contributed by atoms with E-state index in [0.717, 1.165) is 44.0 Å². The highest BCUT2D eigenvalue weighted by atomic mass is 32.2. The van der Waals surface area contributed by atoms with Crippen LogP contribution in [0.15, 0.2) is 71.6 Å². The second kappa shape index (κ2) is 11.0. The van der Waals surface area contributed by atoms with Crippen LogP contribution in [0.5, 0.6) is 0 Å². The molecule has 1 aliphatic heterocycles. The Bertz CT molecular complexity index is 1300. The van der Waals surface area contributed by atoms with Gasteiger partial charge in [0.15, 0.2) is 0 Å². The Morgan fingerprint density at radius 1 is 0.943 bits per heavy atom. The van der Waals surface area contributed by atoms with E-state index in [-0.39, 0.29) is 10.8 Å². The van der Waals surface area contributed by atoms with Gasteiger partial charge < -0.3 is 10.1 Å². The van der Waals surface area contributed by atoms with Crippen molar-refractivity contribution in [1.29, 1.82) is 0 Å². The second-order valence-corrected chi connectivity index (χ2v) is 10.5. The van der Waals surface area contributed by atoms with E-state index >= 15 is 0 Å². The summed E-state index contributed by atoms with van der Waals surface area (Å²) in [5.41, 5.74) is 4.47. The third-order valence-corrected chi connectivity index (χ3v) is 7.49.